The summed E-state index contributed by atoms with van der Waals surface area (Å²) < 4.78 is 30.5. The van der Waals surface area contributed by atoms with Crippen LogP contribution in [0.2, 0.25) is 0 Å². The van der Waals surface area contributed by atoms with Crippen molar-refractivity contribution in [1.82, 2.24) is 5.32 Å². The maximum Gasteiger partial charge on any atom is 0.278 e. The fraction of sp³-hybridized carbons (Fsp3) is 0.500. The molecule has 35 heavy (non-hydrogen) atoms. The molecule has 8 nitrogen and oxygen atoms in total. The number of hydrogen-bond acceptors (Lipinski definition) is 6. The lowest BCUT2D eigenvalue weighted by molar-refractivity contribution is -0.121. The Morgan fingerprint density at radius 1 is 1.29 bits per heavy atom. The van der Waals surface area contributed by atoms with Gasteiger partial charge in [-0.2, -0.15) is 4.39 Å². The standard InChI is InChI=1S/C26H32FN3O5/c1-5-17-20(30(6-2)16-7-9-34-10-8-16)13-22-18(12-23(27)35-22)24(17)26(32)28-14-19-21(33-4)11-15(3)29-25(19)31/h11-13,16,19H,5-10,14H2,1-4H3,(H,28,32). The van der Waals surface area contributed by atoms with E-state index in [-0.39, 0.29) is 18.5 Å². The molecule has 1 aromatic heterocycles. The second-order valence-electron chi connectivity index (χ2n) is 8.80. The number of anilines is 1. The van der Waals surface area contributed by atoms with Crippen LogP contribution in [0.25, 0.3) is 11.0 Å². The number of methoxy groups -OCH3 is 1. The molecule has 0 radical (unpaired) electrons. The van der Waals surface area contributed by atoms with Gasteiger partial charge in [0.15, 0.2) is 0 Å². The summed E-state index contributed by atoms with van der Waals surface area (Å²) in [5.41, 5.74) is 2.91. The van der Waals surface area contributed by atoms with E-state index in [2.05, 4.69) is 22.1 Å². The average molecular weight is 486 g/mol. The second kappa shape index (κ2) is 10.6. The van der Waals surface area contributed by atoms with Gasteiger partial charge in [-0.05, 0) is 44.7 Å². The van der Waals surface area contributed by atoms with Gasteiger partial charge in [0.05, 0.1) is 12.7 Å². The highest BCUT2D eigenvalue weighted by Gasteiger charge is 2.30. The van der Waals surface area contributed by atoms with E-state index >= 15 is 0 Å². The maximum absolute atomic E-state index is 14.2. The minimum Gasteiger partial charge on any atom is -0.500 e. The van der Waals surface area contributed by atoms with Gasteiger partial charge >= 0.3 is 0 Å². The minimum atomic E-state index is -0.751. The number of halogens is 1. The summed E-state index contributed by atoms with van der Waals surface area (Å²) in [6.07, 6.45) is 4.00. The molecule has 2 aromatic rings. The molecule has 9 heteroatoms. The van der Waals surface area contributed by atoms with Crippen LogP contribution in [0.4, 0.5) is 10.1 Å². The number of benzene rings is 1. The van der Waals surface area contributed by atoms with Crippen molar-refractivity contribution >= 4 is 34.2 Å². The third kappa shape index (κ3) is 4.96. The molecule has 1 atom stereocenters. The van der Waals surface area contributed by atoms with Crippen LogP contribution in [0.3, 0.4) is 0 Å². The third-order valence-electron chi connectivity index (χ3n) is 6.72. The lowest BCUT2D eigenvalue weighted by Crippen LogP contribution is -2.40. The zero-order valence-electron chi connectivity index (χ0n) is 20.7. The van der Waals surface area contributed by atoms with Crippen LogP contribution in [0.5, 0.6) is 0 Å². The van der Waals surface area contributed by atoms with Crippen LogP contribution in [0, 0.1) is 11.9 Å². The molecule has 0 aliphatic carbocycles. The van der Waals surface area contributed by atoms with Crippen molar-refractivity contribution < 1.29 is 27.9 Å². The van der Waals surface area contributed by atoms with E-state index in [1.165, 1.54) is 13.2 Å². The van der Waals surface area contributed by atoms with E-state index < -0.39 is 17.8 Å². The van der Waals surface area contributed by atoms with Crippen molar-refractivity contribution in [2.45, 2.75) is 46.1 Å². The van der Waals surface area contributed by atoms with Crippen molar-refractivity contribution in [2.24, 2.45) is 10.9 Å². The Morgan fingerprint density at radius 2 is 2.03 bits per heavy atom. The summed E-state index contributed by atoms with van der Waals surface area (Å²) in [5.74, 6) is -1.04. The first-order valence-electron chi connectivity index (χ1n) is 12.1. The van der Waals surface area contributed by atoms with Gasteiger partial charge in [-0.25, -0.2) is 4.99 Å². The Balaban J connectivity index is 1.71. The van der Waals surface area contributed by atoms with E-state index in [1.54, 1.807) is 13.0 Å². The molecule has 3 heterocycles. The Morgan fingerprint density at radius 3 is 2.69 bits per heavy atom. The van der Waals surface area contributed by atoms with Crippen molar-refractivity contribution in [1.29, 1.82) is 0 Å². The highest BCUT2D eigenvalue weighted by molar-refractivity contribution is 6.10. The van der Waals surface area contributed by atoms with Gasteiger partial charge in [0.2, 0.25) is 0 Å². The first-order chi connectivity index (χ1) is 16.9. The number of rotatable bonds is 8. The van der Waals surface area contributed by atoms with E-state index in [1.807, 2.05) is 13.0 Å². The van der Waals surface area contributed by atoms with Gasteiger partial charge < -0.3 is 24.1 Å². The summed E-state index contributed by atoms with van der Waals surface area (Å²) in [6.45, 7) is 7.86. The molecule has 2 aliphatic rings. The Hall–Kier alpha value is -3.20. The molecule has 2 aliphatic heterocycles. The summed E-state index contributed by atoms with van der Waals surface area (Å²) in [6, 6.07) is 2.58. The molecule has 1 unspecified atom stereocenters. The van der Waals surface area contributed by atoms with Crippen molar-refractivity contribution in [3.63, 3.8) is 0 Å². The van der Waals surface area contributed by atoms with Gasteiger partial charge in [0.25, 0.3) is 17.8 Å². The van der Waals surface area contributed by atoms with Gasteiger partial charge in [-0.3, -0.25) is 9.59 Å². The fourth-order valence-electron chi connectivity index (χ4n) is 5.06. The zero-order valence-corrected chi connectivity index (χ0v) is 20.7. The molecule has 4 rings (SSSR count). The number of ether oxygens (including phenoxy) is 2. The fourth-order valence-corrected chi connectivity index (χ4v) is 5.06. The highest BCUT2D eigenvalue weighted by Crippen LogP contribution is 2.36. The summed E-state index contributed by atoms with van der Waals surface area (Å²) in [5, 5.41) is 3.28. The molecule has 188 valence electrons. The highest BCUT2D eigenvalue weighted by atomic mass is 19.1. The average Bonchev–Trinajstić information content (AvgIpc) is 3.22. The summed E-state index contributed by atoms with van der Waals surface area (Å²) >= 11 is 0. The maximum atomic E-state index is 14.2. The molecule has 1 aromatic carbocycles. The Bertz CT molecular complexity index is 1180. The number of hydrogen-bond donors (Lipinski definition) is 1. The summed E-state index contributed by atoms with van der Waals surface area (Å²) in [7, 11) is 1.48. The van der Waals surface area contributed by atoms with Crippen LogP contribution in [0.15, 0.2) is 33.4 Å². The number of carbonyl (C=O) groups is 2. The third-order valence-corrected chi connectivity index (χ3v) is 6.72. The minimum absolute atomic E-state index is 0.0147. The predicted molar refractivity (Wildman–Crippen MR) is 131 cm³/mol. The second-order valence-corrected chi connectivity index (χ2v) is 8.80. The number of carbonyl (C=O) groups excluding carboxylic acids is 2. The molecule has 1 saturated heterocycles. The molecule has 1 N–H and O–H groups in total. The number of amides is 2. The van der Waals surface area contributed by atoms with Crippen molar-refractivity contribution in [2.75, 3.05) is 38.3 Å². The van der Waals surface area contributed by atoms with E-state index in [4.69, 9.17) is 13.9 Å². The first-order valence-corrected chi connectivity index (χ1v) is 12.1. The van der Waals surface area contributed by atoms with Crippen molar-refractivity contribution in [3.8, 4) is 0 Å². The number of allylic oxidation sites excluding steroid dienone is 1. The zero-order chi connectivity index (χ0) is 25.1. The van der Waals surface area contributed by atoms with Crippen LogP contribution in [0.1, 0.15) is 49.5 Å². The molecule has 0 saturated carbocycles. The molecule has 0 spiro atoms. The number of nitrogens with zero attached hydrogens (tertiary/aromatic N) is 2. The number of dihydropyridines is 1. The summed E-state index contributed by atoms with van der Waals surface area (Å²) in [4.78, 5) is 32.3. The van der Waals surface area contributed by atoms with Gasteiger partial charge in [-0.15, -0.1) is 0 Å². The normalized spacial score (nSPS) is 18.9. The monoisotopic (exact) mass is 485 g/mol. The van der Waals surface area contributed by atoms with Crippen LogP contribution >= 0.6 is 0 Å². The molecular weight excluding hydrogens is 453 g/mol. The molecule has 1 fully saturated rings. The largest absolute Gasteiger partial charge is 0.500 e. The van der Waals surface area contributed by atoms with E-state index in [9.17, 15) is 14.0 Å². The van der Waals surface area contributed by atoms with Crippen molar-refractivity contribution in [3.05, 3.63) is 41.1 Å². The number of fused-ring (bicyclic) bond motifs is 1. The SMILES string of the molecule is CCc1c(N(CC)C2CCOCC2)cc2oc(F)cc2c1C(=O)NCC1C(=O)N=C(C)C=C1OC. The predicted octanol–water partition coefficient (Wildman–Crippen LogP) is 4.02. The molecular formula is C26H32FN3O5. The number of aliphatic imine (C=N–C) groups is 1. The van der Waals surface area contributed by atoms with Crippen LogP contribution in [-0.4, -0.2) is 57.0 Å². The quantitative estimate of drug-likeness (QED) is 0.607. The number of nitrogens with one attached hydrogen (secondary N) is 1. The van der Waals surface area contributed by atoms with E-state index in [0.29, 0.717) is 47.6 Å². The van der Waals surface area contributed by atoms with Gasteiger partial charge in [0, 0.05) is 61.3 Å². The van der Waals surface area contributed by atoms with Gasteiger partial charge in [-0.1, -0.05) is 6.92 Å². The smallest absolute Gasteiger partial charge is 0.278 e. The van der Waals surface area contributed by atoms with Crippen LogP contribution in [-0.2, 0) is 20.7 Å². The van der Waals surface area contributed by atoms with Crippen LogP contribution < -0.4 is 10.2 Å². The van der Waals surface area contributed by atoms with E-state index in [0.717, 1.165) is 30.6 Å². The number of furan rings is 1. The molecule has 2 amide bonds. The molecule has 0 bridgehead atoms. The Kier molecular flexibility index (Phi) is 7.54. The lowest BCUT2D eigenvalue weighted by atomic mass is 9.95. The first kappa shape index (κ1) is 24.9. The topological polar surface area (TPSA) is 93.4 Å². The Labute approximate surface area is 204 Å². The lowest BCUT2D eigenvalue weighted by Gasteiger charge is -2.37. The van der Waals surface area contributed by atoms with Gasteiger partial charge in [0.1, 0.15) is 17.3 Å².